The van der Waals surface area contributed by atoms with Gasteiger partial charge in [-0.1, -0.05) is 60.6 Å². The summed E-state index contributed by atoms with van der Waals surface area (Å²) in [5.41, 5.74) is 0.995. The second-order valence-electron chi connectivity index (χ2n) is 13.2. The topological polar surface area (TPSA) is 72.5 Å². The molecule has 1 aliphatic rings. The van der Waals surface area contributed by atoms with Crippen molar-refractivity contribution >= 4 is 22.8 Å². The molecule has 1 aromatic rings. The normalized spacial score (nSPS) is 20.8. The highest BCUT2D eigenvalue weighted by molar-refractivity contribution is 6.74. The van der Waals surface area contributed by atoms with Gasteiger partial charge in [0.1, 0.15) is 18.0 Å². The molecule has 1 aromatic carbocycles. The van der Waals surface area contributed by atoms with Crippen LogP contribution >= 0.6 is 0 Å². The highest BCUT2D eigenvalue weighted by atomic mass is 28.4. The van der Waals surface area contributed by atoms with Crippen molar-refractivity contribution in [1.29, 1.82) is 0 Å². The van der Waals surface area contributed by atoms with Gasteiger partial charge in [-0.15, -0.1) is 0 Å². The molecule has 2 rings (SSSR count). The maximum absolute atomic E-state index is 12.4. The molecule has 1 heterocycles. The lowest BCUT2D eigenvalue weighted by Crippen LogP contribution is -2.49. The lowest BCUT2D eigenvalue weighted by Gasteiger charge is -2.39. The number of ether oxygens (including phenoxy) is 4. The first-order valence-corrected chi connectivity index (χ1v) is 19.1. The maximum atomic E-state index is 12.4. The Morgan fingerprint density at radius 3 is 1.81 bits per heavy atom. The number of cyclic esters (lactones) is 2. The zero-order valence-corrected chi connectivity index (χ0v) is 27.1. The molecule has 4 atom stereocenters. The largest absolute Gasteiger partial charge is 0.509 e. The van der Waals surface area contributed by atoms with Gasteiger partial charge in [-0.3, -0.25) is 0 Å². The van der Waals surface area contributed by atoms with Crippen LogP contribution in [0.4, 0.5) is 4.79 Å². The summed E-state index contributed by atoms with van der Waals surface area (Å²) in [6, 6.07) is 7.74. The van der Waals surface area contributed by atoms with Gasteiger partial charge in [0.25, 0.3) is 0 Å². The molecule has 37 heavy (non-hydrogen) atoms. The number of rotatable bonds is 12. The number of hydrogen-bond donors (Lipinski definition) is 0. The third kappa shape index (κ3) is 8.55. The van der Waals surface area contributed by atoms with Crippen LogP contribution in [0.1, 0.15) is 54.0 Å². The Labute approximate surface area is 226 Å². The fourth-order valence-electron chi connectivity index (χ4n) is 3.43. The quantitative estimate of drug-likeness (QED) is 0.200. The minimum absolute atomic E-state index is 0.0418. The van der Waals surface area contributed by atoms with E-state index in [4.69, 9.17) is 27.8 Å². The van der Waals surface area contributed by atoms with E-state index in [-0.39, 0.29) is 16.0 Å². The number of methoxy groups -OCH3 is 1. The smallest absolute Gasteiger partial charge is 0.497 e. The number of benzene rings is 1. The molecule has 0 N–H and O–H groups in total. The lowest BCUT2D eigenvalue weighted by atomic mass is 9.97. The Hall–Kier alpha value is -1.40. The van der Waals surface area contributed by atoms with Crippen molar-refractivity contribution in [3.8, 4) is 5.75 Å². The Bertz CT molecular complexity index is 872. The molecule has 0 aromatic heterocycles. The summed E-state index contributed by atoms with van der Waals surface area (Å²) in [6.07, 6.45) is -2.22. The minimum Gasteiger partial charge on any atom is -0.497 e. The minimum atomic E-state index is -2.06. The predicted octanol–water partition coefficient (Wildman–Crippen LogP) is 7.16. The average molecular weight is 555 g/mol. The number of carbonyl (C=O) groups is 1. The summed E-state index contributed by atoms with van der Waals surface area (Å²) in [5.74, 6) is 0.723. The summed E-state index contributed by atoms with van der Waals surface area (Å²) < 4.78 is 36.0. The molecule has 1 saturated heterocycles. The molecule has 0 aliphatic carbocycles. The number of carbonyl (C=O) groups excluding carboxylic acids is 1. The molecule has 0 bridgehead atoms. The zero-order valence-electron chi connectivity index (χ0n) is 25.1. The number of hydrogen-bond acceptors (Lipinski definition) is 7. The van der Waals surface area contributed by atoms with Gasteiger partial charge in [0.05, 0.1) is 20.3 Å². The maximum Gasteiger partial charge on any atom is 0.509 e. The summed E-state index contributed by atoms with van der Waals surface area (Å²) in [4.78, 5) is 12.4. The van der Waals surface area contributed by atoms with Crippen LogP contribution in [-0.4, -0.2) is 61.4 Å². The van der Waals surface area contributed by atoms with E-state index in [0.29, 0.717) is 19.8 Å². The van der Waals surface area contributed by atoms with Crippen LogP contribution in [0.15, 0.2) is 24.3 Å². The molecule has 212 valence electrons. The Morgan fingerprint density at radius 1 is 0.838 bits per heavy atom. The standard InChI is InChI=1S/C28H50O7Si2/c1-20(17-32-36(9,10)27(2,3)4)24-25(35-26(29)34-24)23(19-33-37(11,12)28(5,6)7)31-18-21-13-15-22(30-8)16-14-21/h13-16,20,23-25H,17-19H2,1-12H3/t20-,23-,24-,25+/m0/s1. The highest BCUT2D eigenvalue weighted by Gasteiger charge is 2.48. The van der Waals surface area contributed by atoms with E-state index in [1.54, 1.807) is 7.11 Å². The van der Waals surface area contributed by atoms with E-state index < -0.39 is 41.1 Å². The third-order valence-corrected chi connectivity index (χ3v) is 17.3. The lowest BCUT2D eigenvalue weighted by molar-refractivity contribution is -0.0786. The van der Waals surface area contributed by atoms with Crippen molar-refractivity contribution in [3.05, 3.63) is 29.8 Å². The van der Waals surface area contributed by atoms with Crippen molar-refractivity contribution in [2.75, 3.05) is 20.3 Å². The van der Waals surface area contributed by atoms with Crippen LogP contribution in [0.3, 0.4) is 0 Å². The van der Waals surface area contributed by atoms with Crippen molar-refractivity contribution in [2.45, 2.75) is 110 Å². The fourth-order valence-corrected chi connectivity index (χ4v) is 5.56. The molecule has 7 nitrogen and oxygen atoms in total. The summed E-state index contributed by atoms with van der Waals surface area (Å²) >= 11 is 0. The van der Waals surface area contributed by atoms with Crippen molar-refractivity contribution < 1.29 is 32.6 Å². The average Bonchev–Trinajstić information content (AvgIpc) is 3.17. The second kappa shape index (κ2) is 12.2. The molecule has 0 unspecified atom stereocenters. The Morgan fingerprint density at radius 2 is 1.32 bits per heavy atom. The molecule has 0 spiro atoms. The van der Waals surface area contributed by atoms with Crippen molar-refractivity contribution in [3.63, 3.8) is 0 Å². The van der Waals surface area contributed by atoms with Crippen LogP contribution in [-0.2, 0) is 29.7 Å². The predicted molar refractivity (Wildman–Crippen MR) is 152 cm³/mol. The van der Waals surface area contributed by atoms with Crippen LogP contribution in [0, 0.1) is 5.92 Å². The van der Waals surface area contributed by atoms with E-state index in [1.165, 1.54) is 0 Å². The van der Waals surface area contributed by atoms with Gasteiger partial charge in [0.15, 0.2) is 22.7 Å². The first kappa shape index (κ1) is 31.8. The van der Waals surface area contributed by atoms with Crippen LogP contribution < -0.4 is 4.74 Å². The van der Waals surface area contributed by atoms with Gasteiger partial charge >= 0.3 is 6.16 Å². The van der Waals surface area contributed by atoms with Gasteiger partial charge in [-0.2, -0.15) is 0 Å². The van der Waals surface area contributed by atoms with E-state index in [9.17, 15) is 4.79 Å². The first-order chi connectivity index (χ1) is 16.9. The molecule has 0 radical (unpaired) electrons. The van der Waals surface area contributed by atoms with Gasteiger partial charge in [-0.05, 0) is 54.0 Å². The summed E-state index contributed by atoms with van der Waals surface area (Å²) in [6.45, 7) is 25.3. The van der Waals surface area contributed by atoms with E-state index in [0.717, 1.165) is 11.3 Å². The third-order valence-electron chi connectivity index (χ3n) is 8.27. The van der Waals surface area contributed by atoms with Crippen molar-refractivity contribution in [2.24, 2.45) is 5.92 Å². The van der Waals surface area contributed by atoms with Crippen molar-refractivity contribution in [1.82, 2.24) is 0 Å². The fraction of sp³-hybridized carbons (Fsp3) is 0.750. The van der Waals surface area contributed by atoms with Crippen LogP contribution in [0.5, 0.6) is 5.75 Å². The molecule has 9 heteroatoms. The molecular weight excluding hydrogens is 504 g/mol. The Balaban J connectivity index is 2.21. The van der Waals surface area contributed by atoms with E-state index in [1.807, 2.05) is 31.2 Å². The molecular formula is C28H50O7Si2. The highest BCUT2D eigenvalue weighted by Crippen LogP contribution is 2.39. The molecule has 1 fully saturated rings. The molecule has 0 amide bonds. The second-order valence-corrected chi connectivity index (χ2v) is 22.9. The zero-order chi connectivity index (χ0) is 28.2. The van der Waals surface area contributed by atoms with E-state index in [2.05, 4.69) is 67.7 Å². The van der Waals surface area contributed by atoms with Gasteiger partial charge in [0.2, 0.25) is 0 Å². The summed E-state index contributed by atoms with van der Waals surface area (Å²) in [5, 5.41) is 0.135. The van der Waals surface area contributed by atoms with Gasteiger partial charge < -0.3 is 27.8 Å². The van der Waals surface area contributed by atoms with Crippen LogP contribution in [0.25, 0.3) is 0 Å². The first-order valence-electron chi connectivity index (χ1n) is 13.3. The van der Waals surface area contributed by atoms with E-state index >= 15 is 0 Å². The monoisotopic (exact) mass is 554 g/mol. The Kier molecular flexibility index (Phi) is 10.5. The van der Waals surface area contributed by atoms with Gasteiger partial charge in [0, 0.05) is 12.5 Å². The SMILES string of the molecule is COc1ccc(CO[C@@H](CO[Si](C)(C)C(C)(C)C)[C@H]2OC(=O)O[C@H]2[C@@H](C)CO[Si](C)(C)C(C)(C)C)cc1. The van der Waals surface area contributed by atoms with Gasteiger partial charge in [-0.25, -0.2) is 4.79 Å². The van der Waals surface area contributed by atoms with Crippen LogP contribution in [0.2, 0.25) is 36.3 Å². The molecule has 0 saturated carbocycles. The summed E-state index contributed by atoms with van der Waals surface area (Å²) in [7, 11) is -2.38. The molecule has 1 aliphatic heterocycles.